The summed E-state index contributed by atoms with van der Waals surface area (Å²) >= 11 is 0. The molecule has 0 saturated carbocycles. The van der Waals surface area contributed by atoms with Crippen molar-refractivity contribution in [3.8, 4) is 0 Å². The van der Waals surface area contributed by atoms with Gasteiger partial charge in [-0.25, -0.2) is 4.79 Å². The summed E-state index contributed by atoms with van der Waals surface area (Å²) < 4.78 is 4.47. The first-order valence-electron chi connectivity index (χ1n) is 5.01. The fourth-order valence-electron chi connectivity index (χ4n) is 1.27. The first kappa shape index (κ1) is 13.6. The third kappa shape index (κ3) is 3.24. The Hall–Kier alpha value is -2.50. The Morgan fingerprint density at radius 3 is 2.22 bits per heavy atom. The van der Waals surface area contributed by atoms with Crippen molar-refractivity contribution < 1.29 is 19.2 Å². The molecule has 0 radical (unpaired) electrons. The summed E-state index contributed by atoms with van der Waals surface area (Å²) in [4.78, 5) is 32.5. The van der Waals surface area contributed by atoms with E-state index in [4.69, 9.17) is 0 Å². The Bertz CT molecular complexity index is 516. The monoisotopic (exact) mass is 249 g/mol. The van der Waals surface area contributed by atoms with Crippen molar-refractivity contribution in [1.82, 2.24) is 0 Å². The summed E-state index contributed by atoms with van der Waals surface area (Å²) in [5.74, 6) is -1.17. The number of Topliss-reactive ketones (excluding diaryl/α,β-unsaturated/α-hetero) is 1. The van der Waals surface area contributed by atoms with E-state index in [1.165, 1.54) is 44.4 Å². The average Bonchev–Trinajstić information content (AvgIpc) is 2.35. The quantitative estimate of drug-likeness (QED) is 0.202. The average molecular weight is 249 g/mol. The molecule has 0 heterocycles. The lowest BCUT2D eigenvalue weighted by molar-refractivity contribution is -0.384. The minimum atomic E-state index is -0.735. The summed E-state index contributed by atoms with van der Waals surface area (Å²) in [6, 6.07) is 5.48. The highest BCUT2D eigenvalue weighted by Crippen LogP contribution is 2.15. The lowest BCUT2D eigenvalue weighted by Crippen LogP contribution is -2.11. The van der Waals surface area contributed by atoms with Crippen molar-refractivity contribution in [2.45, 2.75) is 6.92 Å². The third-order valence-electron chi connectivity index (χ3n) is 2.20. The minimum absolute atomic E-state index is 0.0606. The fourth-order valence-corrected chi connectivity index (χ4v) is 1.27. The van der Waals surface area contributed by atoms with Gasteiger partial charge < -0.3 is 4.74 Å². The predicted octanol–water partition coefficient (Wildman–Crippen LogP) is 1.74. The molecule has 0 unspecified atom stereocenters. The highest BCUT2D eigenvalue weighted by atomic mass is 16.6. The van der Waals surface area contributed by atoms with Crippen LogP contribution in [0.4, 0.5) is 5.69 Å². The van der Waals surface area contributed by atoms with Crippen molar-refractivity contribution >= 4 is 23.5 Å². The summed E-state index contributed by atoms with van der Waals surface area (Å²) in [6.45, 7) is 1.24. The van der Waals surface area contributed by atoms with E-state index < -0.39 is 16.7 Å². The van der Waals surface area contributed by atoms with Crippen LogP contribution in [-0.2, 0) is 14.3 Å². The topological polar surface area (TPSA) is 86.5 Å². The molecule has 0 bridgehead atoms. The van der Waals surface area contributed by atoms with Crippen molar-refractivity contribution in [3.05, 3.63) is 45.5 Å². The van der Waals surface area contributed by atoms with Gasteiger partial charge in [0.25, 0.3) is 5.69 Å². The van der Waals surface area contributed by atoms with Gasteiger partial charge in [0.05, 0.1) is 12.0 Å². The molecule has 0 aromatic heterocycles. The first-order valence-corrected chi connectivity index (χ1v) is 5.01. The van der Waals surface area contributed by atoms with Gasteiger partial charge in [-0.3, -0.25) is 14.9 Å². The molecule has 0 amide bonds. The molecule has 0 fully saturated rings. The van der Waals surface area contributed by atoms with Gasteiger partial charge in [-0.05, 0) is 30.7 Å². The molecular formula is C12H11NO5. The van der Waals surface area contributed by atoms with Gasteiger partial charge in [0.2, 0.25) is 0 Å². The maximum atomic E-state index is 11.3. The van der Waals surface area contributed by atoms with Crippen LogP contribution >= 0.6 is 0 Å². The van der Waals surface area contributed by atoms with Crippen molar-refractivity contribution in [2.24, 2.45) is 0 Å². The molecule has 1 rings (SSSR count). The number of hydrogen-bond donors (Lipinski definition) is 0. The highest BCUT2D eigenvalue weighted by Gasteiger charge is 2.14. The zero-order valence-corrected chi connectivity index (χ0v) is 9.88. The van der Waals surface area contributed by atoms with E-state index in [0.717, 1.165) is 0 Å². The van der Waals surface area contributed by atoms with Crippen LogP contribution in [0, 0.1) is 10.1 Å². The van der Waals surface area contributed by atoms with Gasteiger partial charge in [-0.1, -0.05) is 0 Å². The number of ether oxygens (including phenoxy) is 1. The lowest BCUT2D eigenvalue weighted by atomic mass is 10.1. The number of methoxy groups -OCH3 is 1. The second-order valence-electron chi connectivity index (χ2n) is 3.45. The number of rotatable bonds is 4. The Balaban J connectivity index is 3.09. The molecule has 0 aliphatic rings. The van der Waals surface area contributed by atoms with Crippen LogP contribution in [0.5, 0.6) is 0 Å². The number of nitro benzene ring substituents is 1. The summed E-state index contributed by atoms with van der Waals surface area (Å²) in [5.41, 5.74) is 0.345. The van der Waals surface area contributed by atoms with Crippen LogP contribution in [0.25, 0.3) is 6.08 Å². The van der Waals surface area contributed by atoms with Crippen molar-refractivity contribution in [3.63, 3.8) is 0 Å². The molecule has 0 N–H and O–H groups in total. The molecule has 1 aromatic carbocycles. The molecule has 0 atom stereocenters. The normalized spacial score (nSPS) is 10.9. The van der Waals surface area contributed by atoms with Crippen LogP contribution in [0.3, 0.4) is 0 Å². The zero-order valence-electron chi connectivity index (χ0n) is 9.88. The number of hydrogen-bond acceptors (Lipinski definition) is 5. The van der Waals surface area contributed by atoms with Gasteiger partial charge in [0, 0.05) is 12.1 Å². The van der Waals surface area contributed by atoms with Gasteiger partial charge in [-0.2, -0.15) is 0 Å². The maximum Gasteiger partial charge on any atom is 0.341 e. The number of carbonyl (C=O) groups excluding carboxylic acids is 2. The van der Waals surface area contributed by atoms with E-state index in [2.05, 4.69) is 4.74 Å². The Morgan fingerprint density at radius 1 is 1.28 bits per heavy atom. The van der Waals surface area contributed by atoms with E-state index in [1.54, 1.807) is 0 Å². The van der Waals surface area contributed by atoms with E-state index in [-0.39, 0.29) is 11.3 Å². The van der Waals surface area contributed by atoms with Crippen LogP contribution in [0.2, 0.25) is 0 Å². The number of ketones is 1. The maximum absolute atomic E-state index is 11.3. The molecule has 0 spiro atoms. The first-order chi connectivity index (χ1) is 8.45. The van der Waals surface area contributed by atoms with Gasteiger partial charge >= 0.3 is 5.97 Å². The van der Waals surface area contributed by atoms with Crippen LogP contribution in [0.15, 0.2) is 29.8 Å². The van der Waals surface area contributed by atoms with Gasteiger partial charge in [-0.15, -0.1) is 0 Å². The summed E-state index contributed by atoms with van der Waals surface area (Å²) in [6.07, 6.45) is 1.33. The number of nitro groups is 1. The van der Waals surface area contributed by atoms with E-state index in [9.17, 15) is 19.7 Å². The standard InChI is InChI=1S/C12H11NO5/c1-8(14)11(12(15)18-2)7-9-3-5-10(6-4-9)13(16)17/h3-7H,1-2H3. The third-order valence-corrected chi connectivity index (χ3v) is 2.20. The van der Waals surface area contributed by atoms with E-state index >= 15 is 0 Å². The molecule has 6 nitrogen and oxygen atoms in total. The van der Waals surface area contributed by atoms with Crippen LogP contribution in [0.1, 0.15) is 12.5 Å². The second kappa shape index (κ2) is 5.72. The van der Waals surface area contributed by atoms with Crippen LogP contribution in [-0.4, -0.2) is 23.8 Å². The van der Waals surface area contributed by atoms with Crippen molar-refractivity contribution in [2.75, 3.05) is 7.11 Å². The Kier molecular flexibility index (Phi) is 4.31. The second-order valence-corrected chi connectivity index (χ2v) is 3.45. The molecule has 0 aliphatic heterocycles. The number of benzene rings is 1. The smallest absolute Gasteiger partial charge is 0.341 e. The number of esters is 1. The van der Waals surface area contributed by atoms with E-state index in [0.29, 0.717) is 5.56 Å². The van der Waals surface area contributed by atoms with Gasteiger partial charge in [0.1, 0.15) is 5.57 Å². The van der Waals surface area contributed by atoms with E-state index in [1.807, 2.05) is 0 Å². The Labute approximate surface area is 103 Å². The number of carbonyl (C=O) groups is 2. The molecule has 6 heteroatoms. The fraction of sp³-hybridized carbons (Fsp3) is 0.167. The SMILES string of the molecule is COC(=O)C(=Cc1ccc([N+](=O)[O-])cc1)C(C)=O. The molecule has 1 aromatic rings. The number of nitrogens with zero attached hydrogens (tertiary/aromatic N) is 1. The Morgan fingerprint density at radius 2 is 1.83 bits per heavy atom. The minimum Gasteiger partial charge on any atom is -0.465 e. The molecule has 18 heavy (non-hydrogen) atoms. The summed E-state index contributed by atoms with van der Waals surface area (Å²) in [5, 5.41) is 10.5. The molecule has 0 saturated heterocycles. The van der Waals surface area contributed by atoms with Gasteiger partial charge in [0.15, 0.2) is 5.78 Å². The summed E-state index contributed by atoms with van der Waals surface area (Å²) in [7, 11) is 1.18. The molecular weight excluding hydrogens is 238 g/mol. The largest absolute Gasteiger partial charge is 0.465 e. The van der Waals surface area contributed by atoms with Crippen molar-refractivity contribution in [1.29, 1.82) is 0 Å². The molecule has 0 aliphatic carbocycles. The highest BCUT2D eigenvalue weighted by molar-refractivity contribution is 6.19. The lowest BCUT2D eigenvalue weighted by Gasteiger charge is -2.01. The zero-order chi connectivity index (χ0) is 13.7. The number of non-ortho nitro benzene ring substituents is 1. The predicted molar refractivity (Wildman–Crippen MR) is 63.8 cm³/mol. The van der Waals surface area contributed by atoms with Crippen LogP contribution < -0.4 is 0 Å². The molecule has 94 valence electrons.